The molecule has 1 aliphatic heterocycles. The molecule has 0 spiro atoms. The quantitative estimate of drug-likeness (QED) is 0.878. The lowest BCUT2D eigenvalue weighted by atomic mass is 9.98. The molecule has 1 aliphatic rings. The number of aryl methyl sites for hydroxylation is 1. The first-order valence-corrected chi connectivity index (χ1v) is 7.98. The highest BCUT2D eigenvalue weighted by molar-refractivity contribution is 5.94. The molecule has 1 aromatic carbocycles. The van der Waals surface area contributed by atoms with Crippen molar-refractivity contribution in [1.82, 2.24) is 4.90 Å². The van der Waals surface area contributed by atoms with E-state index in [4.69, 9.17) is 4.74 Å². The van der Waals surface area contributed by atoms with Crippen molar-refractivity contribution in [3.05, 3.63) is 35.4 Å². The Morgan fingerprint density at radius 3 is 2.64 bits per heavy atom. The SMILES string of the molecule is COCC1CCN(C(=O)c2ccc(CCC(C)(C)O)cc2)C1. The van der Waals surface area contributed by atoms with Crippen molar-refractivity contribution in [3.8, 4) is 0 Å². The highest BCUT2D eigenvalue weighted by Crippen LogP contribution is 2.20. The van der Waals surface area contributed by atoms with Crippen LogP contribution in [0.1, 0.15) is 42.6 Å². The zero-order valence-electron chi connectivity index (χ0n) is 13.8. The number of hydrogen-bond acceptors (Lipinski definition) is 3. The number of aliphatic hydroxyl groups is 1. The minimum Gasteiger partial charge on any atom is -0.390 e. The van der Waals surface area contributed by atoms with Gasteiger partial charge >= 0.3 is 0 Å². The minimum absolute atomic E-state index is 0.104. The van der Waals surface area contributed by atoms with E-state index in [9.17, 15) is 9.90 Å². The van der Waals surface area contributed by atoms with Gasteiger partial charge in [0.05, 0.1) is 12.2 Å². The van der Waals surface area contributed by atoms with Crippen LogP contribution in [0.15, 0.2) is 24.3 Å². The van der Waals surface area contributed by atoms with Crippen LogP contribution in [0.25, 0.3) is 0 Å². The lowest BCUT2D eigenvalue weighted by molar-refractivity contribution is 0.0712. The number of rotatable bonds is 6. The number of amides is 1. The number of carbonyl (C=O) groups excluding carboxylic acids is 1. The molecule has 1 fully saturated rings. The van der Waals surface area contributed by atoms with Crippen molar-refractivity contribution in [1.29, 1.82) is 0 Å². The fraction of sp³-hybridized carbons (Fsp3) is 0.611. The molecular formula is C18H27NO3. The maximum absolute atomic E-state index is 12.5. The Morgan fingerprint density at radius 1 is 1.36 bits per heavy atom. The summed E-state index contributed by atoms with van der Waals surface area (Å²) in [6.07, 6.45) is 2.55. The van der Waals surface area contributed by atoms with Gasteiger partial charge in [-0.3, -0.25) is 4.79 Å². The average molecular weight is 305 g/mol. The van der Waals surface area contributed by atoms with Crippen LogP contribution >= 0.6 is 0 Å². The molecule has 0 saturated carbocycles. The third-order valence-corrected chi connectivity index (χ3v) is 4.20. The molecule has 0 bridgehead atoms. The van der Waals surface area contributed by atoms with Gasteiger partial charge in [-0.15, -0.1) is 0 Å². The van der Waals surface area contributed by atoms with Crippen LogP contribution in [0.2, 0.25) is 0 Å². The van der Waals surface area contributed by atoms with Gasteiger partial charge in [-0.05, 0) is 50.8 Å². The van der Waals surface area contributed by atoms with Gasteiger partial charge < -0.3 is 14.7 Å². The molecule has 0 aromatic heterocycles. The third-order valence-electron chi connectivity index (χ3n) is 4.20. The van der Waals surface area contributed by atoms with E-state index < -0.39 is 5.60 Å². The highest BCUT2D eigenvalue weighted by Gasteiger charge is 2.26. The molecule has 0 aliphatic carbocycles. The summed E-state index contributed by atoms with van der Waals surface area (Å²) in [6.45, 7) is 5.95. The van der Waals surface area contributed by atoms with Gasteiger partial charge in [0.15, 0.2) is 0 Å². The fourth-order valence-corrected chi connectivity index (χ4v) is 2.84. The number of nitrogens with zero attached hydrogens (tertiary/aromatic N) is 1. The molecule has 122 valence electrons. The number of ether oxygens (including phenoxy) is 1. The molecule has 1 atom stereocenters. The van der Waals surface area contributed by atoms with Gasteiger partial charge in [-0.25, -0.2) is 0 Å². The normalized spacial score (nSPS) is 18.7. The summed E-state index contributed by atoms with van der Waals surface area (Å²) in [6, 6.07) is 7.76. The van der Waals surface area contributed by atoms with Crippen molar-refractivity contribution in [3.63, 3.8) is 0 Å². The summed E-state index contributed by atoms with van der Waals surface area (Å²) in [5, 5.41) is 9.76. The molecule has 1 heterocycles. The fourth-order valence-electron chi connectivity index (χ4n) is 2.84. The number of methoxy groups -OCH3 is 1. The first-order valence-electron chi connectivity index (χ1n) is 7.98. The van der Waals surface area contributed by atoms with Crippen molar-refractivity contribution < 1.29 is 14.6 Å². The van der Waals surface area contributed by atoms with E-state index in [-0.39, 0.29) is 5.91 Å². The van der Waals surface area contributed by atoms with Crippen molar-refractivity contribution in [2.45, 2.75) is 38.7 Å². The molecule has 0 radical (unpaired) electrons. The van der Waals surface area contributed by atoms with Gasteiger partial charge in [0.2, 0.25) is 0 Å². The average Bonchev–Trinajstić information content (AvgIpc) is 2.93. The van der Waals surface area contributed by atoms with Crippen LogP contribution < -0.4 is 0 Å². The Kier molecular flexibility index (Phi) is 5.59. The molecule has 1 unspecified atom stereocenters. The number of likely N-dealkylation sites (tertiary alicyclic amines) is 1. The third kappa shape index (κ3) is 4.82. The van der Waals surface area contributed by atoms with Crippen LogP contribution in [-0.4, -0.2) is 48.3 Å². The Bertz CT molecular complexity index is 490. The monoisotopic (exact) mass is 305 g/mol. The van der Waals surface area contributed by atoms with Crippen molar-refractivity contribution in [2.75, 3.05) is 26.8 Å². The van der Waals surface area contributed by atoms with E-state index in [0.717, 1.165) is 43.7 Å². The standard InChI is InChI=1S/C18H27NO3/c1-18(2,21)10-8-14-4-6-16(7-5-14)17(20)19-11-9-15(12-19)13-22-3/h4-7,15,21H,8-13H2,1-3H3. The van der Waals surface area contributed by atoms with Gasteiger partial charge in [0, 0.05) is 31.7 Å². The second-order valence-electron chi connectivity index (χ2n) is 6.87. The number of hydrogen-bond donors (Lipinski definition) is 1. The van der Waals surface area contributed by atoms with Crippen molar-refractivity contribution in [2.24, 2.45) is 5.92 Å². The van der Waals surface area contributed by atoms with Gasteiger partial charge in [0.1, 0.15) is 0 Å². The topological polar surface area (TPSA) is 49.8 Å². The van der Waals surface area contributed by atoms with E-state index >= 15 is 0 Å². The lowest BCUT2D eigenvalue weighted by Crippen LogP contribution is -2.29. The molecule has 4 heteroatoms. The predicted octanol–water partition coefficient (Wildman–Crippen LogP) is 2.50. The smallest absolute Gasteiger partial charge is 0.253 e. The van der Waals surface area contributed by atoms with Crippen LogP contribution in [0.3, 0.4) is 0 Å². The summed E-state index contributed by atoms with van der Waals surface area (Å²) in [4.78, 5) is 14.4. The molecule has 2 rings (SSSR count). The Hall–Kier alpha value is -1.39. The second kappa shape index (κ2) is 7.25. The molecule has 1 amide bonds. The van der Waals surface area contributed by atoms with E-state index in [2.05, 4.69) is 0 Å². The summed E-state index contributed by atoms with van der Waals surface area (Å²) < 4.78 is 5.17. The summed E-state index contributed by atoms with van der Waals surface area (Å²) in [5.41, 5.74) is 1.24. The van der Waals surface area contributed by atoms with Gasteiger partial charge in [-0.1, -0.05) is 12.1 Å². The number of benzene rings is 1. The lowest BCUT2D eigenvalue weighted by Gasteiger charge is -2.18. The van der Waals surface area contributed by atoms with Gasteiger partial charge in [-0.2, -0.15) is 0 Å². The maximum atomic E-state index is 12.5. The summed E-state index contributed by atoms with van der Waals surface area (Å²) in [5.74, 6) is 0.563. The highest BCUT2D eigenvalue weighted by atomic mass is 16.5. The van der Waals surface area contributed by atoms with E-state index in [1.54, 1.807) is 7.11 Å². The maximum Gasteiger partial charge on any atom is 0.253 e. The number of carbonyl (C=O) groups is 1. The predicted molar refractivity (Wildman–Crippen MR) is 86.9 cm³/mol. The molecule has 4 nitrogen and oxygen atoms in total. The first-order chi connectivity index (χ1) is 10.4. The zero-order valence-corrected chi connectivity index (χ0v) is 13.8. The molecule has 1 saturated heterocycles. The van der Waals surface area contributed by atoms with Gasteiger partial charge in [0.25, 0.3) is 5.91 Å². The second-order valence-corrected chi connectivity index (χ2v) is 6.87. The van der Waals surface area contributed by atoms with Crippen LogP contribution in [0, 0.1) is 5.92 Å². The largest absolute Gasteiger partial charge is 0.390 e. The first kappa shape index (κ1) is 17.0. The van der Waals surface area contributed by atoms with E-state index in [1.165, 1.54) is 0 Å². The van der Waals surface area contributed by atoms with Crippen LogP contribution in [0.4, 0.5) is 0 Å². The zero-order chi connectivity index (χ0) is 16.2. The Morgan fingerprint density at radius 2 is 2.05 bits per heavy atom. The van der Waals surface area contributed by atoms with Crippen LogP contribution in [-0.2, 0) is 11.2 Å². The molecule has 1 N–H and O–H groups in total. The Balaban J connectivity index is 1.91. The molecule has 22 heavy (non-hydrogen) atoms. The molecular weight excluding hydrogens is 278 g/mol. The molecule has 1 aromatic rings. The van der Waals surface area contributed by atoms with E-state index in [0.29, 0.717) is 12.3 Å². The summed E-state index contributed by atoms with van der Waals surface area (Å²) >= 11 is 0. The van der Waals surface area contributed by atoms with Crippen LogP contribution in [0.5, 0.6) is 0 Å². The summed E-state index contributed by atoms with van der Waals surface area (Å²) in [7, 11) is 1.71. The van der Waals surface area contributed by atoms with E-state index in [1.807, 2.05) is 43.0 Å². The Labute approximate surface area is 133 Å². The van der Waals surface area contributed by atoms with Crippen molar-refractivity contribution >= 4 is 5.91 Å². The minimum atomic E-state index is -0.652.